The predicted octanol–water partition coefficient (Wildman–Crippen LogP) is 2.21. The fourth-order valence-corrected chi connectivity index (χ4v) is 3.47. The number of carbonyl (C=O) groups is 1. The van der Waals surface area contributed by atoms with Gasteiger partial charge < -0.3 is 24.2 Å². The van der Waals surface area contributed by atoms with E-state index in [4.69, 9.17) is 14.2 Å². The molecule has 1 aliphatic heterocycles. The second kappa shape index (κ2) is 8.88. The van der Waals surface area contributed by atoms with E-state index < -0.39 is 6.10 Å². The quantitative estimate of drug-likeness (QED) is 0.843. The van der Waals surface area contributed by atoms with Crippen LogP contribution in [-0.2, 0) is 16.0 Å². The van der Waals surface area contributed by atoms with Crippen molar-refractivity contribution < 1.29 is 24.1 Å². The molecule has 1 saturated heterocycles. The minimum atomic E-state index is -0.442. The summed E-state index contributed by atoms with van der Waals surface area (Å²) in [6.45, 7) is 0.739. The van der Waals surface area contributed by atoms with Crippen LogP contribution < -0.4 is 9.47 Å². The Kier molecular flexibility index (Phi) is 6.32. The van der Waals surface area contributed by atoms with E-state index in [1.807, 2.05) is 42.5 Å². The van der Waals surface area contributed by atoms with Gasteiger partial charge in [0.2, 0.25) is 5.91 Å². The van der Waals surface area contributed by atoms with Crippen molar-refractivity contribution in [2.75, 3.05) is 34.0 Å². The van der Waals surface area contributed by atoms with Crippen LogP contribution in [0.3, 0.4) is 0 Å². The van der Waals surface area contributed by atoms with E-state index in [0.29, 0.717) is 24.7 Å². The maximum Gasteiger partial charge on any atom is 0.227 e. The van der Waals surface area contributed by atoms with E-state index in [2.05, 4.69) is 0 Å². The summed E-state index contributed by atoms with van der Waals surface area (Å²) in [7, 11) is 3.17. The Labute approximate surface area is 159 Å². The lowest BCUT2D eigenvalue weighted by Crippen LogP contribution is -2.49. The molecule has 1 heterocycles. The Morgan fingerprint density at radius 1 is 1.19 bits per heavy atom. The molecule has 0 bridgehead atoms. The first-order valence-electron chi connectivity index (χ1n) is 8.95. The van der Waals surface area contributed by atoms with E-state index in [-0.39, 0.29) is 25.0 Å². The van der Waals surface area contributed by atoms with E-state index in [1.54, 1.807) is 25.2 Å². The number of aliphatic hydroxyl groups is 1. The average Bonchev–Trinajstić information content (AvgIpc) is 2.73. The van der Waals surface area contributed by atoms with Crippen LogP contribution in [0.1, 0.15) is 17.2 Å². The number of methoxy groups -OCH3 is 2. The number of ether oxygens (including phenoxy) is 3. The van der Waals surface area contributed by atoms with Crippen molar-refractivity contribution in [3.05, 3.63) is 59.7 Å². The first-order chi connectivity index (χ1) is 13.2. The van der Waals surface area contributed by atoms with Crippen LogP contribution >= 0.6 is 0 Å². The molecular weight excluding hydrogens is 346 g/mol. The monoisotopic (exact) mass is 371 g/mol. The molecule has 0 radical (unpaired) electrons. The summed E-state index contributed by atoms with van der Waals surface area (Å²) in [6, 6.07) is 14.8. The highest BCUT2D eigenvalue weighted by Gasteiger charge is 2.36. The molecule has 0 saturated carbocycles. The molecule has 3 rings (SSSR count). The van der Waals surface area contributed by atoms with Crippen LogP contribution in [-0.4, -0.2) is 56.0 Å². The molecule has 1 N–H and O–H groups in total. The van der Waals surface area contributed by atoms with Crippen LogP contribution in [0.5, 0.6) is 11.5 Å². The number of hydrogen-bond donors (Lipinski definition) is 1. The fourth-order valence-electron chi connectivity index (χ4n) is 3.47. The van der Waals surface area contributed by atoms with E-state index in [1.165, 1.54) is 0 Å². The molecule has 0 spiro atoms. The number of nitrogens with zero attached hydrogens (tertiary/aromatic N) is 1. The van der Waals surface area contributed by atoms with Gasteiger partial charge in [0.1, 0.15) is 17.6 Å². The molecule has 6 nitrogen and oxygen atoms in total. The van der Waals surface area contributed by atoms with Gasteiger partial charge in [0.05, 0.1) is 39.9 Å². The smallest absolute Gasteiger partial charge is 0.227 e. The molecule has 6 heteroatoms. The zero-order chi connectivity index (χ0) is 19.2. The third kappa shape index (κ3) is 4.23. The lowest BCUT2D eigenvalue weighted by molar-refractivity contribution is -0.149. The Morgan fingerprint density at radius 3 is 2.63 bits per heavy atom. The molecule has 1 aliphatic rings. The summed E-state index contributed by atoms with van der Waals surface area (Å²) in [5.74, 6) is 1.26. The molecule has 0 unspecified atom stereocenters. The van der Waals surface area contributed by atoms with Gasteiger partial charge in [-0.05, 0) is 11.6 Å². The van der Waals surface area contributed by atoms with Crippen LogP contribution in [0.25, 0.3) is 0 Å². The SMILES string of the molecule is COc1ccc(CC(=O)N2CCO[C@H](CO)[C@H]2c2ccccc2)c(OC)c1. The summed E-state index contributed by atoms with van der Waals surface area (Å²) in [6.07, 6.45) is -0.239. The largest absolute Gasteiger partial charge is 0.497 e. The van der Waals surface area contributed by atoms with Gasteiger partial charge >= 0.3 is 0 Å². The molecule has 2 aromatic rings. The summed E-state index contributed by atoms with van der Waals surface area (Å²) >= 11 is 0. The van der Waals surface area contributed by atoms with Crippen LogP contribution in [0.4, 0.5) is 0 Å². The van der Waals surface area contributed by atoms with Crippen LogP contribution in [0.2, 0.25) is 0 Å². The summed E-state index contributed by atoms with van der Waals surface area (Å²) in [5, 5.41) is 9.76. The van der Waals surface area contributed by atoms with Gasteiger partial charge in [-0.2, -0.15) is 0 Å². The second-order valence-corrected chi connectivity index (χ2v) is 6.39. The number of amides is 1. The molecule has 1 fully saturated rings. The lowest BCUT2D eigenvalue weighted by atomic mass is 9.97. The summed E-state index contributed by atoms with van der Waals surface area (Å²) in [5.41, 5.74) is 1.74. The van der Waals surface area contributed by atoms with Crippen molar-refractivity contribution in [1.29, 1.82) is 0 Å². The van der Waals surface area contributed by atoms with Crippen molar-refractivity contribution in [1.82, 2.24) is 4.90 Å². The predicted molar refractivity (Wildman–Crippen MR) is 101 cm³/mol. The van der Waals surface area contributed by atoms with Gasteiger partial charge in [-0.25, -0.2) is 0 Å². The molecule has 2 aromatic carbocycles. The second-order valence-electron chi connectivity index (χ2n) is 6.39. The standard InChI is InChI=1S/C21H25NO5/c1-25-17-9-8-16(18(13-17)26-2)12-20(24)22-10-11-27-19(14-23)21(22)15-6-4-3-5-7-15/h3-9,13,19,21,23H,10-12,14H2,1-2H3/t19-,21-/m1/s1. The molecule has 0 aliphatic carbocycles. The maximum absolute atomic E-state index is 13.1. The molecule has 27 heavy (non-hydrogen) atoms. The third-order valence-electron chi connectivity index (χ3n) is 4.83. The van der Waals surface area contributed by atoms with Gasteiger partial charge in [0.25, 0.3) is 0 Å². The van der Waals surface area contributed by atoms with Crippen molar-refractivity contribution in [2.24, 2.45) is 0 Å². The summed E-state index contributed by atoms with van der Waals surface area (Å²) in [4.78, 5) is 14.9. The third-order valence-corrected chi connectivity index (χ3v) is 4.83. The molecular formula is C21H25NO5. The summed E-state index contributed by atoms with van der Waals surface area (Å²) < 4.78 is 16.3. The Hall–Kier alpha value is -2.57. The number of hydrogen-bond acceptors (Lipinski definition) is 5. The molecule has 2 atom stereocenters. The highest BCUT2D eigenvalue weighted by molar-refractivity contribution is 5.80. The van der Waals surface area contributed by atoms with Crippen molar-refractivity contribution in [3.8, 4) is 11.5 Å². The van der Waals surface area contributed by atoms with Gasteiger partial charge in [-0.3, -0.25) is 4.79 Å². The van der Waals surface area contributed by atoms with Gasteiger partial charge in [0, 0.05) is 18.2 Å². The first-order valence-corrected chi connectivity index (χ1v) is 8.95. The van der Waals surface area contributed by atoms with E-state index in [0.717, 1.165) is 11.1 Å². The number of benzene rings is 2. The number of aliphatic hydroxyl groups excluding tert-OH is 1. The Balaban J connectivity index is 1.85. The Morgan fingerprint density at radius 2 is 1.96 bits per heavy atom. The number of carbonyl (C=O) groups excluding carboxylic acids is 1. The van der Waals surface area contributed by atoms with E-state index >= 15 is 0 Å². The molecule has 144 valence electrons. The minimum absolute atomic E-state index is 0.0333. The van der Waals surface area contributed by atoms with Gasteiger partial charge in [-0.15, -0.1) is 0 Å². The Bertz CT molecular complexity index is 764. The zero-order valence-corrected chi connectivity index (χ0v) is 15.6. The lowest BCUT2D eigenvalue weighted by Gasteiger charge is -2.41. The fraction of sp³-hybridized carbons (Fsp3) is 0.381. The van der Waals surface area contributed by atoms with Crippen LogP contribution in [0.15, 0.2) is 48.5 Å². The van der Waals surface area contributed by atoms with Crippen molar-refractivity contribution in [3.63, 3.8) is 0 Å². The number of rotatable bonds is 6. The van der Waals surface area contributed by atoms with Crippen molar-refractivity contribution >= 4 is 5.91 Å². The van der Waals surface area contributed by atoms with Gasteiger partial charge in [-0.1, -0.05) is 36.4 Å². The zero-order valence-electron chi connectivity index (χ0n) is 15.6. The normalized spacial score (nSPS) is 19.6. The minimum Gasteiger partial charge on any atom is -0.497 e. The highest BCUT2D eigenvalue weighted by atomic mass is 16.5. The first kappa shape index (κ1) is 19.2. The van der Waals surface area contributed by atoms with Crippen molar-refractivity contribution in [2.45, 2.75) is 18.6 Å². The maximum atomic E-state index is 13.1. The van der Waals surface area contributed by atoms with Crippen LogP contribution in [0, 0.1) is 0 Å². The van der Waals surface area contributed by atoms with E-state index in [9.17, 15) is 9.90 Å². The molecule has 1 amide bonds. The topological polar surface area (TPSA) is 68.2 Å². The number of morpholine rings is 1. The van der Waals surface area contributed by atoms with Gasteiger partial charge in [0.15, 0.2) is 0 Å². The average molecular weight is 371 g/mol. The highest BCUT2D eigenvalue weighted by Crippen LogP contribution is 2.31. The molecule has 0 aromatic heterocycles.